The van der Waals surface area contributed by atoms with Crippen LogP contribution in [0.15, 0.2) is 48.5 Å². The Morgan fingerprint density at radius 2 is 1.81 bits per heavy atom. The fraction of sp³-hybridized carbons (Fsp3) is 0.455. The molecule has 3 atom stereocenters. The second-order valence-electron chi connectivity index (χ2n) is 7.64. The maximum Gasteiger partial charge on any atom is 0.231 e. The summed E-state index contributed by atoms with van der Waals surface area (Å²) in [6, 6.07) is 16.5. The predicted molar refractivity (Wildman–Crippen MR) is 109 cm³/mol. The molecule has 27 heavy (non-hydrogen) atoms. The second kappa shape index (κ2) is 8.09. The van der Waals surface area contributed by atoms with Gasteiger partial charge in [0.25, 0.3) is 0 Å². The molecule has 5 heteroatoms. The van der Waals surface area contributed by atoms with Crippen LogP contribution in [0, 0.1) is 5.92 Å². The minimum absolute atomic E-state index is 0. The molecule has 4 rings (SSSR count). The number of halogens is 1. The van der Waals surface area contributed by atoms with E-state index in [1.807, 2.05) is 24.3 Å². The molecule has 0 spiro atoms. The molecule has 4 nitrogen and oxygen atoms in total. The number of hydrogen-bond donors (Lipinski definition) is 1. The summed E-state index contributed by atoms with van der Waals surface area (Å²) in [5, 5.41) is 12.0. The average molecular weight is 390 g/mol. The molecular formula is C22H28ClNO3. The van der Waals surface area contributed by atoms with Gasteiger partial charge in [-0.25, -0.2) is 0 Å². The van der Waals surface area contributed by atoms with Crippen molar-refractivity contribution in [3.8, 4) is 11.5 Å². The zero-order valence-corrected chi connectivity index (χ0v) is 16.7. The van der Waals surface area contributed by atoms with Crippen LogP contribution in [0.3, 0.4) is 0 Å². The molecule has 146 valence electrons. The van der Waals surface area contributed by atoms with Gasteiger partial charge in [0.05, 0.1) is 5.60 Å². The van der Waals surface area contributed by atoms with Crippen molar-refractivity contribution in [1.29, 1.82) is 0 Å². The molecule has 1 N–H and O–H groups in total. The van der Waals surface area contributed by atoms with Gasteiger partial charge < -0.3 is 19.5 Å². The Balaban J connectivity index is 0.00000210. The van der Waals surface area contributed by atoms with Crippen LogP contribution < -0.4 is 9.47 Å². The summed E-state index contributed by atoms with van der Waals surface area (Å²) < 4.78 is 11.3. The molecule has 0 bridgehead atoms. The first kappa shape index (κ1) is 20.0. The fourth-order valence-corrected chi connectivity index (χ4v) is 4.75. The van der Waals surface area contributed by atoms with Crippen LogP contribution in [0.2, 0.25) is 0 Å². The standard InChI is InChI=1S/C22H27NO3.ClH/c1-23(2)20(16-9-4-3-5-10-16)17-11-6-7-14-22(17,24)18-12-8-13-19-21(18)26-15-25-19;/h3-5,8-10,12-13,17,20,24H,6-7,11,14-15H2,1-2H3;1H. The predicted octanol–water partition coefficient (Wildman–Crippen LogP) is 4.52. The molecule has 1 aliphatic heterocycles. The van der Waals surface area contributed by atoms with Gasteiger partial charge in [-0.2, -0.15) is 0 Å². The van der Waals surface area contributed by atoms with E-state index in [-0.39, 0.29) is 31.2 Å². The highest BCUT2D eigenvalue weighted by atomic mass is 35.5. The molecule has 0 saturated heterocycles. The molecule has 3 unspecified atom stereocenters. The summed E-state index contributed by atoms with van der Waals surface area (Å²) in [4.78, 5) is 2.23. The van der Waals surface area contributed by atoms with Crippen molar-refractivity contribution in [3.63, 3.8) is 0 Å². The number of ether oxygens (including phenoxy) is 2. The van der Waals surface area contributed by atoms with E-state index in [2.05, 4.69) is 43.3 Å². The number of para-hydroxylation sites is 1. The summed E-state index contributed by atoms with van der Waals surface area (Å²) >= 11 is 0. The molecule has 2 aliphatic rings. The van der Waals surface area contributed by atoms with Crippen LogP contribution in [0.25, 0.3) is 0 Å². The molecule has 0 radical (unpaired) electrons. The van der Waals surface area contributed by atoms with Gasteiger partial charge >= 0.3 is 0 Å². The maximum absolute atomic E-state index is 12.0. The molecule has 0 amide bonds. The van der Waals surface area contributed by atoms with Gasteiger partial charge in [-0.15, -0.1) is 12.4 Å². The Kier molecular flexibility index (Phi) is 5.99. The number of fused-ring (bicyclic) bond motifs is 1. The van der Waals surface area contributed by atoms with Crippen LogP contribution in [0.5, 0.6) is 11.5 Å². The van der Waals surface area contributed by atoms with E-state index in [0.29, 0.717) is 5.75 Å². The molecule has 2 aromatic rings. The lowest BCUT2D eigenvalue weighted by atomic mass is 9.66. The fourth-order valence-electron chi connectivity index (χ4n) is 4.75. The van der Waals surface area contributed by atoms with Gasteiger partial charge in [0.15, 0.2) is 11.5 Å². The van der Waals surface area contributed by atoms with Crippen LogP contribution in [-0.4, -0.2) is 30.9 Å². The van der Waals surface area contributed by atoms with Crippen molar-refractivity contribution >= 4 is 12.4 Å². The van der Waals surface area contributed by atoms with Gasteiger partial charge in [-0.05, 0) is 38.6 Å². The Morgan fingerprint density at radius 1 is 1.04 bits per heavy atom. The Bertz CT molecular complexity index is 767. The largest absolute Gasteiger partial charge is 0.454 e. The van der Waals surface area contributed by atoms with E-state index in [0.717, 1.165) is 37.0 Å². The van der Waals surface area contributed by atoms with Gasteiger partial charge in [0.2, 0.25) is 6.79 Å². The third-order valence-corrected chi connectivity index (χ3v) is 5.88. The van der Waals surface area contributed by atoms with E-state index in [4.69, 9.17) is 9.47 Å². The topological polar surface area (TPSA) is 41.9 Å². The average Bonchev–Trinajstić information content (AvgIpc) is 3.13. The van der Waals surface area contributed by atoms with E-state index in [1.165, 1.54) is 5.56 Å². The first-order chi connectivity index (χ1) is 12.6. The molecule has 0 aromatic heterocycles. The smallest absolute Gasteiger partial charge is 0.231 e. The van der Waals surface area contributed by atoms with Gasteiger partial charge in [-0.3, -0.25) is 0 Å². The van der Waals surface area contributed by atoms with E-state index >= 15 is 0 Å². The number of rotatable bonds is 4. The normalized spacial score (nSPS) is 25.1. The first-order valence-electron chi connectivity index (χ1n) is 9.44. The Labute approximate surface area is 167 Å². The lowest BCUT2D eigenvalue weighted by Gasteiger charge is -2.46. The van der Waals surface area contributed by atoms with Crippen LogP contribution in [-0.2, 0) is 5.60 Å². The summed E-state index contributed by atoms with van der Waals surface area (Å²) in [7, 11) is 4.20. The van der Waals surface area contributed by atoms with Gasteiger partial charge in [0.1, 0.15) is 0 Å². The van der Waals surface area contributed by atoms with Gasteiger partial charge in [0, 0.05) is 17.5 Å². The molecule has 1 saturated carbocycles. The second-order valence-corrected chi connectivity index (χ2v) is 7.64. The first-order valence-corrected chi connectivity index (χ1v) is 9.44. The maximum atomic E-state index is 12.0. The third kappa shape index (κ3) is 3.54. The number of hydrogen-bond acceptors (Lipinski definition) is 4. The Morgan fingerprint density at radius 3 is 2.56 bits per heavy atom. The minimum Gasteiger partial charge on any atom is -0.454 e. The molecule has 1 aliphatic carbocycles. The zero-order valence-electron chi connectivity index (χ0n) is 15.9. The monoisotopic (exact) mass is 389 g/mol. The summed E-state index contributed by atoms with van der Waals surface area (Å²) in [6.45, 7) is 0.225. The van der Waals surface area contributed by atoms with Crippen LogP contribution >= 0.6 is 12.4 Å². The summed E-state index contributed by atoms with van der Waals surface area (Å²) in [5.74, 6) is 1.54. The van der Waals surface area contributed by atoms with E-state index in [9.17, 15) is 5.11 Å². The zero-order chi connectivity index (χ0) is 18.1. The van der Waals surface area contributed by atoms with Crippen LogP contribution in [0.1, 0.15) is 42.9 Å². The molecule has 2 aromatic carbocycles. The lowest BCUT2D eigenvalue weighted by Crippen LogP contribution is -2.45. The number of aliphatic hydroxyl groups is 1. The SMILES string of the molecule is CN(C)C(c1ccccc1)C1CCCCC1(O)c1cccc2c1OCO2.Cl. The van der Waals surface area contributed by atoms with Crippen molar-refractivity contribution in [1.82, 2.24) is 4.90 Å². The molecule has 1 fully saturated rings. The highest BCUT2D eigenvalue weighted by molar-refractivity contribution is 5.85. The summed E-state index contributed by atoms with van der Waals surface area (Å²) in [6.07, 6.45) is 3.89. The highest BCUT2D eigenvalue weighted by Gasteiger charge is 2.47. The van der Waals surface area contributed by atoms with E-state index < -0.39 is 5.60 Å². The third-order valence-electron chi connectivity index (χ3n) is 5.88. The lowest BCUT2D eigenvalue weighted by molar-refractivity contribution is -0.0849. The molecule has 1 heterocycles. The van der Waals surface area contributed by atoms with Crippen molar-refractivity contribution < 1.29 is 14.6 Å². The highest BCUT2D eigenvalue weighted by Crippen LogP contribution is 2.53. The van der Waals surface area contributed by atoms with Crippen LogP contribution in [0.4, 0.5) is 0 Å². The number of nitrogens with zero attached hydrogens (tertiary/aromatic N) is 1. The van der Waals surface area contributed by atoms with Crippen molar-refractivity contribution in [2.75, 3.05) is 20.9 Å². The van der Waals surface area contributed by atoms with Crippen molar-refractivity contribution in [2.45, 2.75) is 37.3 Å². The molecular weight excluding hydrogens is 362 g/mol. The number of benzene rings is 2. The quantitative estimate of drug-likeness (QED) is 0.834. The minimum atomic E-state index is -0.929. The van der Waals surface area contributed by atoms with Crippen molar-refractivity contribution in [2.24, 2.45) is 5.92 Å². The Hall–Kier alpha value is -1.75. The van der Waals surface area contributed by atoms with E-state index in [1.54, 1.807) is 0 Å². The summed E-state index contributed by atoms with van der Waals surface area (Å²) in [5.41, 5.74) is 1.19. The van der Waals surface area contributed by atoms with Gasteiger partial charge in [-0.1, -0.05) is 55.3 Å². The van der Waals surface area contributed by atoms with Crippen molar-refractivity contribution in [3.05, 3.63) is 59.7 Å².